The molecular formula is C9H12N2O. The Hall–Kier alpha value is -1.38. The van der Waals surface area contributed by atoms with E-state index < -0.39 is 0 Å². The van der Waals surface area contributed by atoms with Gasteiger partial charge in [0.2, 0.25) is 5.78 Å². The van der Waals surface area contributed by atoms with Crippen LogP contribution in [0.5, 0.6) is 0 Å². The molecule has 0 unspecified atom stereocenters. The number of carbonyl (C=O) groups excluding carboxylic acids is 1. The van der Waals surface area contributed by atoms with Gasteiger partial charge in [0.1, 0.15) is 5.69 Å². The fourth-order valence-electron chi connectivity index (χ4n) is 0.857. The lowest BCUT2D eigenvalue weighted by Crippen LogP contribution is -1.97. The van der Waals surface area contributed by atoms with E-state index in [0.717, 1.165) is 6.42 Å². The maximum Gasteiger partial charge on any atom is 0.205 e. The standard InChI is InChI=1S/C9H12N2O/c1-3-4-5-9(12)8-6-7-11(2)10-8/h4-7H,3H2,1-2H3/b5-4+. The van der Waals surface area contributed by atoms with E-state index in [2.05, 4.69) is 5.10 Å². The lowest BCUT2D eigenvalue weighted by Gasteiger charge is -1.86. The summed E-state index contributed by atoms with van der Waals surface area (Å²) in [4.78, 5) is 11.3. The van der Waals surface area contributed by atoms with Crippen LogP contribution in [0.2, 0.25) is 0 Å². The first-order valence-corrected chi connectivity index (χ1v) is 3.94. The molecule has 0 amide bonds. The third kappa shape index (κ3) is 2.05. The van der Waals surface area contributed by atoms with Crippen molar-refractivity contribution in [1.29, 1.82) is 0 Å². The van der Waals surface area contributed by atoms with Gasteiger partial charge in [-0.2, -0.15) is 5.10 Å². The van der Waals surface area contributed by atoms with Gasteiger partial charge in [-0.15, -0.1) is 0 Å². The van der Waals surface area contributed by atoms with Crippen molar-refractivity contribution in [3.63, 3.8) is 0 Å². The minimum absolute atomic E-state index is 0.0301. The number of rotatable bonds is 3. The highest BCUT2D eigenvalue weighted by Crippen LogP contribution is 1.97. The van der Waals surface area contributed by atoms with Crippen LogP contribution in [0.25, 0.3) is 0 Å². The van der Waals surface area contributed by atoms with Crippen molar-refractivity contribution in [3.8, 4) is 0 Å². The average molecular weight is 164 g/mol. The summed E-state index contributed by atoms with van der Waals surface area (Å²) in [7, 11) is 1.79. The third-order valence-corrected chi connectivity index (χ3v) is 1.47. The van der Waals surface area contributed by atoms with Gasteiger partial charge in [-0.3, -0.25) is 9.48 Å². The first-order chi connectivity index (χ1) is 5.74. The highest BCUT2D eigenvalue weighted by atomic mass is 16.1. The third-order valence-electron chi connectivity index (χ3n) is 1.47. The van der Waals surface area contributed by atoms with Crippen molar-refractivity contribution in [2.75, 3.05) is 0 Å². The SMILES string of the molecule is CC/C=C/C(=O)c1ccn(C)n1. The molecule has 1 aromatic rings. The number of aromatic nitrogens is 2. The molecule has 0 atom stereocenters. The van der Waals surface area contributed by atoms with Gasteiger partial charge in [0, 0.05) is 13.2 Å². The summed E-state index contributed by atoms with van der Waals surface area (Å²) in [6, 6.07) is 1.71. The molecule has 0 aliphatic carbocycles. The molecule has 0 radical (unpaired) electrons. The van der Waals surface area contributed by atoms with Crippen LogP contribution in [0.1, 0.15) is 23.8 Å². The Labute approximate surface area is 71.7 Å². The minimum atomic E-state index is -0.0301. The molecule has 0 bridgehead atoms. The van der Waals surface area contributed by atoms with E-state index in [0.29, 0.717) is 5.69 Å². The number of nitrogens with zero attached hydrogens (tertiary/aromatic N) is 2. The second-order valence-electron chi connectivity index (χ2n) is 2.55. The van der Waals surface area contributed by atoms with E-state index in [-0.39, 0.29) is 5.78 Å². The number of hydrogen-bond donors (Lipinski definition) is 0. The highest BCUT2D eigenvalue weighted by Gasteiger charge is 2.03. The molecule has 0 aliphatic heterocycles. The summed E-state index contributed by atoms with van der Waals surface area (Å²) >= 11 is 0. The van der Waals surface area contributed by atoms with E-state index in [1.807, 2.05) is 13.0 Å². The summed E-state index contributed by atoms with van der Waals surface area (Å²) in [5.74, 6) is -0.0301. The molecule has 0 spiro atoms. The normalized spacial score (nSPS) is 10.8. The van der Waals surface area contributed by atoms with Crippen molar-refractivity contribution >= 4 is 5.78 Å². The molecule has 64 valence electrons. The molecule has 1 rings (SSSR count). The summed E-state index contributed by atoms with van der Waals surface area (Å²) in [6.45, 7) is 1.99. The molecule has 1 aromatic heterocycles. The topological polar surface area (TPSA) is 34.9 Å². The molecule has 0 N–H and O–H groups in total. The van der Waals surface area contributed by atoms with E-state index >= 15 is 0 Å². The molecule has 0 saturated heterocycles. The van der Waals surface area contributed by atoms with Gasteiger partial charge < -0.3 is 0 Å². The summed E-state index contributed by atoms with van der Waals surface area (Å²) in [5.41, 5.74) is 0.502. The monoisotopic (exact) mass is 164 g/mol. The zero-order chi connectivity index (χ0) is 8.97. The molecule has 3 heteroatoms. The fraction of sp³-hybridized carbons (Fsp3) is 0.333. The Morgan fingerprint density at radius 2 is 2.50 bits per heavy atom. The number of ketones is 1. The summed E-state index contributed by atoms with van der Waals surface area (Å²) < 4.78 is 1.62. The maximum atomic E-state index is 11.3. The van der Waals surface area contributed by atoms with Crippen LogP contribution in [0.3, 0.4) is 0 Å². The Morgan fingerprint density at radius 3 is 3.00 bits per heavy atom. The highest BCUT2D eigenvalue weighted by molar-refractivity contribution is 6.02. The van der Waals surface area contributed by atoms with E-state index in [4.69, 9.17) is 0 Å². The van der Waals surface area contributed by atoms with Gasteiger partial charge in [-0.25, -0.2) is 0 Å². The van der Waals surface area contributed by atoms with Crippen molar-refractivity contribution < 1.29 is 4.79 Å². The van der Waals surface area contributed by atoms with Crippen LogP contribution in [0.15, 0.2) is 24.4 Å². The second-order valence-corrected chi connectivity index (χ2v) is 2.55. The van der Waals surface area contributed by atoms with Crippen molar-refractivity contribution in [3.05, 3.63) is 30.1 Å². The van der Waals surface area contributed by atoms with E-state index in [9.17, 15) is 4.79 Å². The van der Waals surface area contributed by atoms with Gasteiger partial charge in [0.15, 0.2) is 0 Å². The molecule has 0 aromatic carbocycles. The van der Waals surface area contributed by atoms with Crippen molar-refractivity contribution in [2.45, 2.75) is 13.3 Å². The molecule has 3 nitrogen and oxygen atoms in total. The van der Waals surface area contributed by atoms with Gasteiger partial charge in [0.05, 0.1) is 0 Å². The van der Waals surface area contributed by atoms with Crippen LogP contribution in [0.4, 0.5) is 0 Å². The largest absolute Gasteiger partial charge is 0.287 e. The Kier molecular flexibility index (Phi) is 2.80. The van der Waals surface area contributed by atoms with Crippen LogP contribution < -0.4 is 0 Å². The van der Waals surface area contributed by atoms with Crippen molar-refractivity contribution in [2.24, 2.45) is 7.05 Å². The van der Waals surface area contributed by atoms with E-state index in [1.54, 1.807) is 30.1 Å². The quantitative estimate of drug-likeness (QED) is 0.502. The fourth-order valence-corrected chi connectivity index (χ4v) is 0.857. The van der Waals surface area contributed by atoms with Crippen LogP contribution in [0, 0.1) is 0 Å². The molecule has 1 heterocycles. The van der Waals surface area contributed by atoms with Gasteiger partial charge in [0.25, 0.3) is 0 Å². The predicted molar refractivity (Wildman–Crippen MR) is 47.0 cm³/mol. The molecule has 0 saturated carbocycles. The number of aryl methyl sites for hydroxylation is 1. The second kappa shape index (κ2) is 3.85. The molecular weight excluding hydrogens is 152 g/mol. The van der Waals surface area contributed by atoms with E-state index in [1.165, 1.54) is 0 Å². The molecule has 0 fully saturated rings. The molecule has 0 aliphatic rings. The van der Waals surface area contributed by atoms with Gasteiger partial charge in [-0.05, 0) is 18.6 Å². The lowest BCUT2D eigenvalue weighted by molar-refractivity contribution is 0.104. The van der Waals surface area contributed by atoms with Crippen LogP contribution >= 0.6 is 0 Å². The van der Waals surface area contributed by atoms with Crippen LogP contribution in [-0.2, 0) is 7.05 Å². The summed E-state index contributed by atoms with van der Waals surface area (Å²) in [6.07, 6.45) is 6.02. The number of carbonyl (C=O) groups is 1. The lowest BCUT2D eigenvalue weighted by atomic mass is 10.2. The Balaban J connectivity index is 2.72. The van der Waals surface area contributed by atoms with Gasteiger partial charge >= 0.3 is 0 Å². The smallest absolute Gasteiger partial charge is 0.205 e. The Morgan fingerprint density at radius 1 is 1.75 bits per heavy atom. The zero-order valence-corrected chi connectivity index (χ0v) is 7.32. The Bertz CT molecular complexity index is 299. The first-order valence-electron chi connectivity index (χ1n) is 3.94. The maximum absolute atomic E-state index is 11.3. The van der Waals surface area contributed by atoms with Crippen LogP contribution in [-0.4, -0.2) is 15.6 Å². The average Bonchev–Trinajstić information content (AvgIpc) is 2.47. The van der Waals surface area contributed by atoms with Gasteiger partial charge in [-0.1, -0.05) is 13.0 Å². The summed E-state index contributed by atoms with van der Waals surface area (Å²) in [5, 5.41) is 3.98. The number of hydrogen-bond acceptors (Lipinski definition) is 2. The predicted octanol–water partition coefficient (Wildman–Crippen LogP) is 1.57. The first kappa shape index (κ1) is 8.71. The number of allylic oxidation sites excluding steroid dienone is 2. The molecule has 12 heavy (non-hydrogen) atoms. The zero-order valence-electron chi connectivity index (χ0n) is 7.32. The van der Waals surface area contributed by atoms with Crippen molar-refractivity contribution in [1.82, 2.24) is 9.78 Å². The minimum Gasteiger partial charge on any atom is -0.287 e.